The number of hydrogen-bond acceptors (Lipinski definition) is 1. The molecule has 0 aromatic heterocycles. The second-order valence-corrected chi connectivity index (χ2v) is 2.48. The minimum absolute atomic E-state index is 0. The minimum Gasteiger partial charge on any atom is -0.872 e. The zero-order valence-electron chi connectivity index (χ0n) is 7.82. The van der Waals surface area contributed by atoms with Gasteiger partial charge in [-0.1, -0.05) is 35.9 Å². The summed E-state index contributed by atoms with van der Waals surface area (Å²) >= 11 is 0. The van der Waals surface area contributed by atoms with Crippen molar-refractivity contribution in [2.24, 2.45) is 0 Å². The van der Waals surface area contributed by atoms with E-state index in [1.807, 2.05) is 6.07 Å². The predicted molar refractivity (Wildman–Crippen MR) is 49.1 cm³/mol. The summed E-state index contributed by atoms with van der Waals surface area (Å²) in [5, 5.41) is 19.5. The fraction of sp³-hybridized carbons (Fsp3) is 0.100. The van der Waals surface area contributed by atoms with Crippen LogP contribution in [0.5, 0.6) is 5.75 Å². The molecule has 2 nitrogen and oxygen atoms in total. The predicted octanol–water partition coefficient (Wildman–Crippen LogP) is -1.27. The Morgan fingerprint density at radius 1 is 1.38 bits per heavy atom. The molecule has 62 valence electrons. The summed E-state index contributed by atoms with van der Waals surface area (Å²) in [7, 11) is 0. The fourth-order valence-electron chi connectivity index (χ4n) is 0.959. The van der Waals surface area contributed by atoms with Crippen LogP contribution in [0.25, 0.3) is 11.5 Å². The number of allylic oxidation sites excluding steroid dienone is 1. The molecular weight excluding hydrogens is 157 g/mol. The minimum atomic E-state index is 0. The maximum Gasteiger partial charge on any atom is 1.00 e. The van der Waals surface area contributed by atoms with Gasteiger partial charge in [-0.3, -0.25) is 0 Å². The summed E-state index contributed by atoms with van der Waals surface area (Å²) in [5.41, 5.74) is 1.54. The van der Waals surface area contributed by atoms with Crippen LogP contribution in [0.2, 0.25) is 0 Å². The Kier molecular flexibility index (Phi) is 5.21. The van der Waals surface area contributed by atoms with Crippen LogP contribution in [-0.2, 0) is 0 Å². The molecule has 0 unspecified atom stereocenters. The Morgan fingerprint density at radius 3 is 2.69 bits per heavy atom. The van der Waals surface area contributed by atoms with Crippen LogP contribution in [-0.4, -0.2) is 6.21 Å². The number of rotatable bonds is 2. The van der Waals surface area contributed by atoms with Crippen molar-refractivity contribution in [2.75, 3.05) is 0 Å². The molecule has 0 atom stereocenters. The first-order valence-corrected chi connectivity index (χ1v) is 3.66. The molecule has 0 spiro atoms. The third-order valence-electron chi connectivity index (χ3n) is 1.69. The van der Waals surface area contributed by atoms with E-state index < -0.39 is 0 Å². The smallest absolute Gasteiger partial charge is 0.872 e. The molecule has 0 bridgehead atoms. The molecule has 0 aliphatic rings. The molecule has 13 heavy (non-hydrogen) atoms. The molecule has 0 saturated heterocycles. The van der Waals surface area contributed by atoms with Crippen molar-refractivity contribution in [1.29, 1.82) is 0 Å². The molecule has 0 aliphatic carbocycles. The Labute approximate surface area is 90.0 Å². The van der Waals surface area contributed by atoms with E-state index >= 15 is 0 Å². The van der Waals surface area contributed by atoms with E-state index in [9.17, 15) is 5.11 Å². The zero-order chi connectivity index (χ0) is 8.97. The average Bonchev–Trinajstić information content (AvgIpc) is 2.08. The topological polar surface area (TPSA) is 45.4 Å². The molecule has 0 amide bonds. The van der Waals surface area contributed by atoms with Gasteiger partial charge in [0.15, 0.2) is 0 Å². The van der Waals surface area contributed by atoms with E-state index in [2.05, 4.69) is 0 Å². The van der Waals surface area contributed by atoms with E-state index in [0.29, 0.717) is 5.56 Å². The van der Waals surface area contributed by atoms with Gasteiger partial charge in [-0.05, 0) is 12.5 Å². The summed E-state index contributed by atoms with van der Waals surface area (Å²) in [5.74, 6) is 0.0232. The van der Waals surface area contributed by atoms with Crippen LogP contribution < -0.4 is 24.0 Å². The van der Waals surface area contributed by atoms with Crippen LogP contribution in [0.3, 0.4) is 0 Å². The molecule has 3 heteroatoms. The van der Waals surface area contributed by atoms with Gasteiger partial charge in [-0.25, -0.2) is 0 Å². The molecule has 0 heterocycles. The third-order valence-corrected chi connectivity index (χ3v) is 1.69. The molecule has 1 aromatic carbocycles. The van der Waals surface area contributed by atoms with Gasteiger partial charge in [0, 0.05) is 0 Å². The van der Waals surface area contributed by atoms with Crippen LogP contribution in [0.15, 0.2) is 24.3 Å². The maximum atomic E-state index is 11.1. The molecule has 0 saturated carbocycles. The van der Waals surface area contributed by atoms with Gasteiger partial charge >= 0.3 is 18.9 Å². The maximum absolute atomic E-state index is 11.1. The van der Waals surface area contributed by atoms with Gasteiger partial charge < -0.3 is 10.5 Å². The Bertz CT molecular complexity index is 321. The average molecular weight is 166 g/mol. The first-order valence-electron chi connectivity index (χ1n) is 3.66. The first kappa shape index (κ1) is 12.0. The van der Waals surface area contributed by atoms with Crippen LogP contribution in [0, 0.1) is 6.92 Å². The summed E-state index contributed by atoms with van der Waals surface area (Å²) in [6.07, 6.45) is 4.12. The van der Waals surface area contributed by atoms with E-state index in [4.69, 9.17) is 5.41 Å². The van der Waals surface area contributed by atoms with Crippen LogP contribution in [0.1, 0.15) is 11.1 Å². The Hall–Kier alpha value is -0.973. The van der Waals surface area contributed by atoms with E-state index in [-0.39, 0.29) is 24.6 Å². The Balaban J connectivity index is 0.00000144. The largest absolute Gasteiger partial charge is 1.00 e. The SMILES string of the molecule is Cc1c([O-])cccc1/C=C\C=[N-].[Li+]. The molecule has 1 aromatic rings. The molecule has 1 rings (SSSR count). The number of hydrogen-bond donors (Lipinski definition) is 0. The van der Waals surface area contributed by atoms with Crippen molar-refractivity contribution in [3.63, 3.8) is 0 Å². The van der Waals surface area contributed by atoms with Crippen molar-refractivity contribution in [1.82, 2.24) is 0 Å². The summed E-state index contributed by atoms with van der Waals surface area (Å²) in [6, 6.07) is 5.05. The van der Waals surface area contributed by atoms with Gasteiger partial charge in [0.2, 0.25) is 0 Å². The second-order valence-electron chi connectivity index (χ2n) is 2.48. The molecule has 0 N–H and O–H groups in total. The van der Waals surface area contributed by atoms with Gasteiger partial charge in [0.25, 0.3) is 0 Å². The van der Waals surface area contributed by atoms with Crippen molar-refractivity contribution in [3.8, 4) is 5.75 Å². The zero-order valence-corrected chi connectivity index (χ0v) is 7.82. The van der Waals surface area contributed by atoms with E-state index in [1.165, 1.54) is 12.1 Å². The van der Waals surface area contributed by atoms with Gasteiger partial charge in [0.05, 0.1) is 0 Å². The van der Waals surface area contributed by atoms with E-state index in [1.54, 1.807) is 19.1 Å². The monoisotopic (exact) mass is 166 g/mol. The normalized spacial score (nSPS) is 9.62. The summed E-state index contributed by atoms with van der Waals surface area (Å²) in [6.45, 7) is 1.76. The quantitative estimate of drug-likeness (QED) is 0.399. The van der Waals surface area contributed by atoms with Gasteiger partial charge in [-0.2, -0.15) is 6.21 Å². The van der Waals surface area contributed by atoms with Crippen LogP contribution in [0.4, 0.5) is 0 Å². The molecule has 0 radical (unpaired) electrons. The number of benzene rings is 1. The van der Waals surface area contributed by atoms with Gasteiger partial charge in [-0.15, -0.1) is 5.75 Å². The first-order chi connectivity index (χ1) is 5.75. The standard InChI is InChI=1S/C10H10NO.Li/c1-8-9(5-3-7-11)4-2-6-10(8)12;/h2-7,12H,1H3;/q-1;+1/p-1/b5-3-;. The molecular formula is C10H9LiNO-. The summed E-state index contributed by atoms with van der Waals surface area (Å²) < 4.78 is 0. The summed E-state index contributed by atoms with van der Waals surface area (Å²) in [4.78, 5) is 0. The second kappa shape index (κ2) is 5.64. The van der Waals surface area contributed by atoms with E-state index in [0.717, 1.165) is 11.8 Å². The van der Waals surface area contributed by atoms with Crippen molar-refractivity contribution in [2.45, 2.75) is 6.92 Å². The van der Waals surface area contributed by atoms with Crippen molar-refractivity contribution < 1.29 is 24.0 Å². The van der Waals surface area contributed by atoms with Crippen molar-refractivity contribution in [3.05, 3.63) is 40.8 Å². The third kappa shape index (κ3) is 3.10. The molecule has 0 fully saturated rings. The molecule has 0 aliphatic heterocycles. The number of nitrogens with zero attached hydrogens (tertiary/aromatic N) is 1. The van der Waals surface area contributed by atoms with Crippen LogP contribution >= 0.6 is 0 Å². The van der Waals surface area contributed by atoms with Gasteiger partial charge in [0.1, 0.15) is 0 Å². The van der Waals surface area contributed by atoms with Crippen molar-refractivity contribution >= 4 is 12.3 Å². The Morgan fingerprint density at radius 2 is 2.08 bits per heavy atom. The fourth-order valence-corrected chi connectivity index (χ4v) is 0.959.